The van der Waals surface area contributed by atoms with Crippen LogP contribution in [0.4, 0.5) is 0 Å². The summed E-state index contributed by atoms with van der Waals surface area (Å²) in [5, 5.41) is 8.71. The van der Waals surface area contributed by atoms with E-state index in [-0.39, 0.29) is 0 Å². The van der Waals surface area contributed by atoms with Crippen LogP contribution < -0.4 is 5.73 Å². The number of nitrogens with two attached hydrogens (primary N) is 1. The van der Waals surface area contributed by atoms with E-state index in [1.54, 1.807) is 0 Å². The number of aliphatic hydroxyl groups excluding tert-OH is 1. The van der Waals surface area contributed by atoms with Gasteiger partial charge in [-0.3, -0.25) is 0 Å². The molecule has 1 saturated heterocycles. The van der Waals surface area contributed by atoms with E-state index in [2.05, 4.69) is 9.80 Å². The van der Waals surface area contributed by atoms with E-state index >= 15 is 0 Å². The molecule has 4 nitrogen and oxygen atoms in total. The highest BCUT2D eigenvalue weighted by Crippen LogP contribution is 2.06. The van der Waals surface area contributed by atoms with E-state index in [4.69, 9.17) is 10.8 Å². The third kappa shape index (κ3) is 7.31. The molecule has 1 rings (SSSR count). The van der Waals surface area contributed by atoms with Gasteiger partial charge in [-0.05, 0) is 45.3 Å². The molecule has 4 heteroatoms. The predicted molar refractivity (Wildman–Crippen MR) is 76.7 cm³/mol. The van der Waals surface area contributed by atoms with Gasteiger partial charge in [0.25, 0.3) is 0 Å². The van der Waals surface area contributed by atoms with Crippen LogP contribution in [0.3, 0.4) is 0 Å². The number of rotatable bonds is 10. The second-order valence-electron chi connectivity index (χ2n) is 5.32. The molecule has 1 fully saturated rings. The van der Waals surface area contributed by atoms with Crippen molar-refractivity contribution in [2.75, 3.05) is 52.4 Å². The van der Waals surface area contributed by atoms with Gasteiger partial charge in [0, 0.05) is 32.8 Å². The van der Waals surface area contributed by atoms with Crippen molar-refractivity contribution in [1.82, 2.24) is 9.80 Å². The summed E-state index contributed by atoms with van der Waals surface area (Å²) in [4.78, 5) is 5.15. The summed E-state index contributed by atoms with van der Waals surface area (Å²) in [6, 6.07) is 0. The molecular formula is C14H31N3O. The summed E-state index contributed by atoms with van der Waals surface area (Å²) in [5.41, 5.74) is 5.51. The Morgan fingerprint density at radius 2 is 1.22 bits per heavy atom. The molecule has 1 aliphatic heterocycles. The van der Waals surface area contributed by atoms with E-state index < -0.39 is 0 Å². The standard InChI is InChI=1S/C14H31N3O/c15-7-3-5-9-17-12-10-16(11-13-17)8-4-1-2-6-14-18/h18H,1-15H2. The monoisotopic (exact) mass is 257 g/mol. The smallest absolute Gasteiger partial charge is 0.0431 e. The van der Waals surface area contributed by atoms with Crippen LogP contribution in [0.5, 0.6) is 0 Å². The molecule has 1 aliphatic rings. The third-order valence-electron chi connectivity index (χ3n) is 3.78. The molecule has 18 heavy (non-hydrogen) atoms. The number of unbranched alkanes of at least 4 members (excludes halogenated alkanes) is 4. The molecule has 108 valence electrons. The van der Waals surface area contributed by atoms with Crippen molar-refractivity contribution in [3.05, 3.63) is 0 Å². The van der Waals surface area contributed by atoms with Crippen LogP contribution in [0.2, 0.25) is 0 Å². The topological polar surface area (TPSA) is 52.7 Å². The van der Waals surface area contributed by atoms with Gasteiger partial charge in [0.05, 0.1) is 0 Å². The van der Waals surface area contributed by atoms with E-state index in [0.717, 1.165) is 19.4 Å². The second-order valence-corrected chi connectivity index (χ2v) is 5.32. The summed E-state index contributed by atoms with van der Waals surface area (Å²) in [6.07, 6.45) is 7.09. The molecule has 1 heterocycles. The van der Waals surface area contributed by atoms with Gasteiger partial charge in [0.1, 0.15) is 0 Å². The molecule has 0 aromatic heterocycles. The highest BCUT2D eigenvalue weighted by atomic mass is 16.2. The maximum atomic E-state index is 8.71. The zero-order valence-corrected chi connectivity index (χ0v) is 11.8. The van der Waals surface area contributed by atoms with Crippen LogP contribution in [-0.2, 0) is 0 Å². The molecule has 0 aromatic rings. The van der Waals surface area contributed by atoms with E-state index in [9.17, 15) is 0 Å². The quantitative estimate of drug-likeness (QED) is 0.571. The SMILES string of the molecule is NCCCCN1CCN(CCCCCCO)CC1. The largest absolute Gasteiger partial charge is 0.396 e. The molecular weight excluding hydrogens is 226 g/mol. The minimum absolute atomic E-state index is 0.349. The summed E-state index contributed by atoms with van der Waals surface area (Å²) in [6.45, 7) is 8.53. The first-order chi connectivity index (χ1) is 8.86. The lowest BCUT2D eigenvalue weighted by atomic mass is 10.2. The van der Waals surface area contributed by atoms with E-state index in [1.165, 1.54) is 65.0 Å². The lowest BCUT2D eigenvalue weighted by Gasteiger charge is -2.34. The van der Waals surface area contributed by atoms with E-state index in [0.29, 0.717) is 6.61 Å². The van der Waals surface area contributed by atoms with Crippen molar-refractivity contribution in [1.29, 1.82) is 0 Å². The van der Waals surface area contributed by atoms with Gasteiger partial charge in [-0.15, -0.1) is 0 Å². The highest BCUT2D eigenvalue weighted by Gasteiger charge is 2.15. The molecule has 0 aromatic carbocycles. The number of hydrogen-bond donors (Lipinski definition) is 2. The van der Waals surface area contributed by atoms with Crippen molar-refractivity contribution < 1.29 is 5.11 Å². The summed E-state index contributed by atoms with van der Waals surface area (Å²) < 4.78 is 0. The Labute approximate surface area is 112 Å². The van der Waals surface area contributed by atoms with Crippen LogP contribution in [0.25, 0.3) is 0 Å². The van der Waals surface area contributed by atoms with Crippen LogP contribution in [0, 0.1) is 0 Å². The Bertz CT molecular complexity index is 182. The predicted octanol–water partition coefficient (Wildman–Crippen LogP) is 0.896. The van der Waals surface area contributed by atoms with Crippen LogP contribution in [0.15, 0.2) is 0 Å². The van der Waals surface area contributed by atoms with Crippen LogP contribution >= 0.6 is 0 Å². The Morgan fingerprint density at radius 1 is 0.722 bits per heavy atom. The Hall–Kier alpha value is -0.160. The first-order valence-electron chi connectivity index (χ1n) is 7.62. The van der Waals surface area contributed by atoms with Gasteiger partial charge in [0.2, 0.25) is 0 Å². The first kappa shape index (κ1) is 15.9. The van der Waals surface area contributed by atoms with Gasteiger partial charge in [-0.25, -0.2) is 0 Å². The van der Waals surface area contributed by atoms with Crippen molar-refractivity contribution in [2.24, 2.45) is 5.73 Å². The third-order valence-corrected chi connectivity index (χ3v) is 3.78. The fraction of sp³-hybridized carbons (Fsp3) is 1.00. The highest BCUT2D eigenvalue weighted by molar-refractivity contribution is 4.71. The number of hydrogen-bond acceptors (Lipinski definition) is 4. The van der Waals surface area contributed by atoms with E-state index in [1.807, 2.05) is 0 Å². The zero-order valence-electron chi connectivity index (χ0n) is 11.8. The van der Waals surface area contributed by atoms with Gasteiger partial charge < -0.3 is 20.6 Å². The second kappa shape index (κ2) is 10.7. The van der Waals surface area contributed by atoms with Gasteiger partial charge in [0.15, 0.2) is 0 Å². The van der Waals surface area contributed by atoms with Gasteiger partial charge in [-0.1, -0.05) is 12.8 Å². The normalized spacial score (nSPS) is 18.3. The van der Waals surface area contributed by atoms with Crippen LogP contribution in [0.1, 0.15) is 38.5 Å². The Morgan fingerprint density at radius 3 is 1.72 bits per heavy atom. The Balaban J connectivity index is 1.94. The summed E-state index contributed by atoms with van der Waals surface area (Å²) in [5.74, 6) is 0. The minimum Gasteiger partial charge on any atom is -0.396 e. The lowest BCUT2D eigenvalue weighted by molar-refractivity contribution is 0.129. The molecule has 0 saturated carbocycles. The lowest BCUT2D eigenvalue weighted by Crippen LogP contribution is -2.46. The number of piperazine rings is 1. The summed E-state index contributed by atoms with van der Waals surface area (Å²) >= 11 is 0. The maximum Gasteiger partial charge on any atom is 0.0431 e. The first-order valence-corrected chi connectivity index (χ1v) is 7.62. The molecule has 0 bridgehead atoms. The zero-order chi connectivity index (χ0) is 13.1. The Kier molecular flexibility index (Phi) is 9.48. The minimum atomic E-state index is 0.349. The molecule has 0 atom stereocenters. The van der Waals surface area contributed by atoms with Crippen molar-refractivity contribution >= 4 is 0 Å². The molecule has 0 amide bonds. The molecule has 0 radical (unpaired) electrons. The van der Waals surface area contributed by atoms with Crippen molar-refractivity contribution in [3.8, 4) is 0 Å². The average Bonchev–Trinajstić information content (AvgIpc) is 2.40. The molecule has 0 unspecified atom stereocenters. The molecule has 0 spiro atoms. The molecule has 3 N–H and O–H groups in total. The van der Waals surface area contributed by atoms with Gasteiger partial charge in [-0.2, -0.15) is 0 Å². The van der Waals surface area contributed by atoms with Crippen molar-refractivity contribution in [2.45, 2.75) is 38.5 Å². The summed E-state index contributed by atoms with van der Waals surface area (Å²) in [7, 11) is 0. The fourth-order valence-corrected chi connectivity index (χ4v) is 2.52. The van der Waals surface area contributed by atoms with Crippen LogP contribution in [-0.4, -0.2) is 67.3 Å². The number of aliphatic hydroxyl groups is 1. The molecule has 0 aliphatic carbocycles. The van der Waals surface area contributed by atoms with Gasteiger partial charge >= 0.3 is 0 Å². The maximum absolute atomic E-state index is 8.71. The fourth-order valence-electron chi connectivity index (χ4n) is 2.52. The number of nitrogens with zero attached hydrogens (tertiary/aromatic N) is 2. The van der Waals surface area contributed by atoms with Crippen molar-refractivity contribution in [3.63, 3.8) is 0 Å². The average molecular weight is 257 g/mol.